The summed E-state index contributed by atoms with van der Waals surface area (Å²) in [6.45, 7) is 2.66. The average molecular weight is 445 g/mol. The van der Waals surface area contributed by atoms with E-state index in [0.29, 0.717) is 38.4 Å². The Morgan fingerprint density at radius 2 is 1.80 bits per heavy atom. The van der Waals surface area contributed by atoms with E-state index < -0.39 is 30.9 Å². The highest BCUT2D eigenvalue weighted by Crippen LogP contribution is 2.35. The Hall–Kier alpha value is -2.86. The van der Waals surface area contributed by atoms with E-state index in [-0.39, 0.29) is 12.2 Å². The van der Waals surface area contributed by atoms with Crippen molar-refractivity contribution in [2.45, 2.75) is 16.9 Å². The molecule has 12 heteroatoms. The maximum atomic E-state index is 12.8. The van der Waals surface area contributed by atoms with Crippen LogP contribution in [-0.4, -0.2) is 45.2 Å². The fraction of sp³-hybridized carbons (Fsp3) is 0.333. The number of benzene rings is 2. The van der Waals surface area contributed by atoms with Crippen LogP contribution in [-0.2, 0) is 21.1 Å². The molecule has 1 aliphatic rings. The van der Waals surface area contributed by atoms with Crippen molar-refractivity contribution in [2.24, 2.45) is 0 Å². The van der Waals surface area contributed by atoms with Gasteiger partial charge in [-0.3, -0.25) is 10.1 Å². The predicted molar refractivity (Wildman–Crippen MR) is 103 cm³/mol. The van der Waals surface area contributed by atoms with Gasteiger partial charge in [-0.05, 0) is 23.8 Å². The van der Waals surface area contributed by atoms with Crippen LogP contribution < -0.4 is 10.2 Å². The van der Waals surface area contributed by atoms with Crippen molar-refractivity contribution in [3.05, 3.63) is 58.1 Å². The van der Waals surface area contributed by atoms with Crippen molar-refractivity contribution < 1.29 is 31.2 Å². The van der Waals surface area contributed by atoms with Gasteiger partial charge in [0.15, 0.2) is 0 Å². The van der Waals surface area contributed by atoms with Crippen LogP contribution in [0.2, 0.25) is 0 Å². The number of rotatable bonds is 6. The van der Waals surface area contributed by atoms with Crippen LogP contribution in [0, 0.1) is 10.1 Å². The molecule has 0 aromatic heterocycles. The molecule has 0 atom stereocenters. The molecular weight excluding hydrogens is 427 g/mol. The van der Waals surface area contributed by atoms with E-state index in [1.807, 2.05) is 18.2 Å². The third-order valence-electron chi connectivity index (χ3n) is 4.59. The van der Waals surface area contributed by atoms with Crippen molar-refractivity contribution >= 4 is 26.9 Å². The average Bonchev–Trinajstić information content (AvgIpc) is 2.72. The van der Waals surface area contributed by atoms with Crippen LogP contribution in [0.4, 0.5) is 30.2 Å². The molecule has 8 nitrogen and oxygen atoms in total. The zero-order valence-corrected chi connectivity index (χ0v) is 16.4. The van der Waals surface area contributed by atoms with Crippen LogP contribution >= 0.6 is 0 Å². The number of hydrogen-bond acceptors (Lipinski definition) is 7. The molecule has 0 bridgehead atoms. The first-order chi connectivity index (χ1) is 14.1. The maximum Gasteiger partial charge on any atom is 0.501 e. The van der Waals surface area contributed by atoms with Crippen LogP contribution in [0.25, 0.3) is 0 Å². The van der Waals surface area contributed by atoms with Crippen molar-refractivity contribution in [3.8, 4) is 0 Å². The molecule has 0 aliphatic carbocycles. The number of halogens is 3. The van der Waals surface area contributed by atoms with Gasteiger partial charge in [-0.1, -0.05) is 18.2 Å². The second-order valence-corrected chi connectivity index (χ2v) is 8.41. The van der Waals surface area contributed by atoms with Gasteiger partial charge in [0.1, 0.15) is 5.69 Å². The van der Waals surface area contributed by atoms with Gasteiger partial charge < -0.3 is 15.0 Å². The molecule has 3 rings (SSSR count). The molecule has 0 radical (unpaired) electrons. The van der Waals surface area contributed by atoms with Crippen LogP contribution in [0.15, 0.2) is 47.4 Å². The quantitative estimate of drug-likeness (QED) is 0.538. The molecule has 1 heterocycles. The van der Waals surface area contributed by atoms with Gasteiger partial charge in [-0.2, -0.15) is 13.2 Å². The summed E-state index contributed by atoms with van der Waals surface area (Å²) in [6.07, 6.45) is 0. The first-order valence-corrected chi connectivity index (χ1v) is 10.3. The van der Waals surface area contributed by atoms with E-state index in [0.717, 1.165) is 17.3 Å². The van der Waals surface area contributed by atoms with Gasteiger partial charge in [0.25, 0.3) is 15.5 Å². The molecule has 0 unspecified atom stereocenters. The highest BCUT2D eigenvalue weighted by molar-refractivity contribution is 7.92. The second kappa shape index (κ2) is 8.48. The van der Waals surface area contributed by atoms with E-state index in [9.17, 15) is 31.7 Å². The topological polar surface area (TPSA) is 102 Å². The van der Waals surface area contributed by atoms with Crippen LogP contribution in [0.3, 0.4) is 0 Å². The van der Waals surface area contributed by atoms with E-state index in [1.54, 1.807) is 6.07 Å². The number of alkyl halides is 3. The third kappa shape index (κ3) is 4.49. The summed E-state index contributed by atoms with van der Waals surface area (Å²) in [5.41, 5.74) is -4.66. The number of morpholine rings is 1. The van der Waals surface area contributed by atoms with E-state index >= 15 is 0 Å². The lowest BCUT2D eigenvalue weighted by molar-refractivity contribution is -0.384. The number of nitrogens with one attached hydrogen (secondary N) is 1. The minimum absolute atomic E-state index is 0.0853. The molecule has 162 valence electrons. The zero-order valence-electron chi connectivity index (χ0n) is 15.6. The fourth-order valence-electron chi connectivity index (χ4n) is 3.08. The summed E-state index contributed by atoms with van der Waals surface area (Å²) in [5.74, 6) is 0. The van der Waals surface area contributed by atoms with E-state index in [1.165, 1.54) is 0 Å². The van der Waals surface area contributed by atoms with Crippen LogP contribution in [0.5, 0.6) is 0 Å². The SMILES string of the molecule is O=[N+]([O-])c1cc(S(=O)(=O)C(F)(F)F)ccc1NCc1ccccc1N1CCOCC1. The Morgan fingerprint density at radius 3 is 2.43 bits per heavy atom. The largest absolute Gasteiger partial charge is 0.501 e. The van der Waals surface area contributed by atoms with Crippen LogP contribution in [0.1, 0.15) is 5.56 Å². The normalized spacial score (nSPS) is 15.1. The predicted octanol–water partition coefficient (Wildman–Crippen LogP) is 3.34. The Morgan fingerprint density at radius 1 is 1.13 bits per heavy atom. The lowest BCUT2D eigenvalue weighted by Crippen LogP contribution is -2.36. The summed E-state index contributed by atoms with van der Waals surface area (Å²) in [4.78, 5) is 11.3. The number of nitro groups is 1. The molecule has 1 aliphatic heterocycles. The summed E-state index contributed by atoms with van der Waals surface area (Å²) >= 11 is 0. The smallest absolute Gasteiger partial charge is 0.378 e. The van der Waals surface area contributed by atoms with Gasteiger partial charge in [-0.15, -0.1) is 0 Å². The Labute approximate surface area is 170 Å². The first-order valence-electron chi connectivity index (χ1n) is 8.85. The number of hydrogen-bond donors (Lipinski definition) is 1. The van der Waals surface area contributed by atoms with Crippen molar-refractivity contribution in [3.63, 3.8) is 0 Å². The Kier molecular flexibility index (Phi) is 6.17. The molecule has 0 saturated carbocycles. The molecular formula is C18H18F3N3O5S. The summed E-state index contributed by atoms with van der Waals surface area (Å²) in [5, 5.41) is 14.2. The number of para-hydroxylation sites is 1. The van der Waals surface area contributed by atoms with Gasteiger partial charge in [0.2, 0.25) is 0 Å². The summed E-state index contributed by atoms with van der Waals surface area (Å²) in [6, 6.07) is 9.46. The lowest BCUT2D eigenvalue weighted by atomic mass is 10.1. The lowest BCUT2D eigenvalue weighted by Gasteiger charge is -2.30. The van der Waals surface area contributed by atoms with E-state index in [4.69, 9.17) is 4.74 Å². The maximum absolute atomic E-state index is 12.8. The zero-order chi connectivity index (χ0) is 21.9. The minimum Gasteiger partial charge on any atom is -0.378 e. The molecule has 0 spiro atoms. The van der Waals surface area contributed by atoms with Crippen molar-refractivity contribution in [1.82, 2.24) is 0 Å². The van der Waals surface area contributed by atoms with Gasteiger partial charge >= 0.3 is 5.51 Å². The summed E-state index contributed by atoms with van der Waals surface area (Å²) < 4.78 is 66.7. The molecule has 30 heavy (non-hydrogen) atoms. The monoisotopic (exact) mass is 445 g/mol. The van der Waals surface area contributed by atoms with Gasteiger partial charge in [0.05, 0.1) is 23.0 Å². The number of nitro benzene ring substituents is 1. The van der Waals surface area contributed by atoms with Crippen molar-refractivity contribution in [2.75, 3.05) is 36.5 Å². The Balaban J connectivity index is 1.87. The Bertz CT molecular complexity index is 1040. The molecule has 1 N–H and O–H groups in total. The summed E-state index contributed by atoms with van der Waals surface area (Å²) in [7, 11) is -5.69. The number of nitrogens with zero attached hydrogens (tertiary/aromatic N) is 2. The molecule has 2 aromatic carbocycles. The van der Waals surface area contributed by atoms with E-state index in [2.05, 4.69) is 10.2 Å². The first kappa shape index (κ1) is 21.8. The van der Waals surface area contributed by atoms with Gasteiger partial charge in [0, 0.05) is 31.4 Å². The number of ether oxygens (including phenoxy) is 1. The standard InChI is InChI=1S/C18H18F3N3O5S/c19-18(20,21)30(27,28)14-5-6-15(17(11-14)24(25)26)22-12-13-3-1-2-4-16(13)23-7-9-29-10-8-23/h1-6,11,22H,7-10,12H2. The fourth-order valence-corrected chi connectivity index (χ4v) is 3.86. The molecule has 1 fully saturated rings. The highest BCUT2D eigenvalue weighted by Gasteiger charge is 2.47. The van der Waals surface area contributed by atoms with Gasteiger partial charge in [-0.25, -0.2) is 8.42 Å². The highest BCUT2D eigenvalue weighted by atomic mass is 32.2. The minimum atomic E-state index is -5.69. The molecule has 1 saturated heterocycles. The number of anilines is 2. The molecule has 2 aromatic rings. The third-order valence-corrected chi connectivity index (χ3v) is 6.08. The second-order valence-electron chi connectivity index (χ2n) is 6.47. The number of sulfone groups is 1. The molecule has 0 amide bonds. The van der Waals surface area contributed by atoms with Crippen molar-refractivity contribution in [1.29, 1.82) is 0 Å².